The van der Waals surface area contributed by atoms with Gasteiger partial charge in [-0.3, -0.25) is 0 Å². The number of aromatic nitrogens is 3. The van der Waals surface area contributed by atoms with E-state index < -0.39 is 5.97 Å². The molecule has 1 saturated heterocycles. The van der Waals surface area contributed by atoms with E-state index in [4.69, 9.17) is 9.47 Å². The molecule has 1 N–H and O–H groups in total. The molecule has 3 rings (SSSR count). The zero-order valence-corrected chi connectivity index (χ0v) is 14.3. The number of morpholine rings is 1. The van der Waals surface area contributed by atoms with Crippen LogP contribution in [0.3, 0.4) is 0 Å². The predicted molar refractivity (Wildman–Crippen MR) is 88.5 cm³/mol. The fourth-order valence-electron chi connectivity index (χ4n) is 2.47. The molecule has 122 valence electrons. The van der Waals surface area contributed by atoms with Gasteiger partial charge in [-0.15, -0.1) is 5.10 Å². The van der Waals surface area contributed by atoms with Gasteiger partial charge in [0, 0.05) is 28.8 Å². The molecule has 7 nitrogen and oxygen atoms in total. The summed E-state index contributed by atoms with van der Waals surface area (Å²) in [6.45, 7) is 5.24. The van der Waals surface area contributed by atoms with Crippen LogP contribution in [0.2, 0.25) is 0 Å². The van der Waals surface area contributed by atoms with Gasteiger partial charge in [0.15, 0.2) is 5.69 Å². The van der Waals surface area contributed by atoms with Crippen molar-refractivity contribution in [3.8, 4) is 11.3 Å². The Morgan fingerprint density at radius 3 is 2.87 bits per heavy atom. The molecule has 1 aromatic heterocycles. The van der Waals surface area contributed by atoms with Gasteiger partial charge in [-0.2, -0.15) is 10.3 Å². The van der Waals surface area contributed by atoms with Gasteiger partial charge in [0.25, 0.3) is 0 Å². The lowest BCUT2D eigenvalue weighted by atomic mass is 10.1. The number of anilines is 1. The van der Waals surface area contributed by atoms with E-state index in [0.717, 1.165) is 42.0 Å². The molecule has 1 aliphatic rings. The summed E-state index contributed by atoms with van der Waals surface area (Å²) in [5, 5.41) is 10.5. The Balaban J connectivity index is 1.89. The van der Waals surface area contributed by atoms with Crippen LogP contribution in [0.15, 0.2) is 22.7 Å². The molecular formula is C15H17BrN4O3. The van der Waals surface area contributed by atoms with Crippen LogP contribution >= 0.6 is 15.9 Å². The van der Waals surface area contributed by atoms with Crippen LogP contribution in [0, 0.1) is 0 Å². The highest BCUT2D eigenvalue weighted by molar-refractivity contribution is 9.10. The first-order valence-electron chi connectivity index (χ1n) is 7.41. The van der Waals surface area contributed by atoms with E-state index in [0.29, 0.717) is 12.3 Å². The normalized spacial score (nSPS) is 14.8. The molecule has 0 saturated carbocycles. The average molecular weight is 381 g/mol. The van der Waals surface area contributed by atoms with E-state index in [1.54, 1.807) is 6.92 Å². The second-order valence-corrected chi connectivity index (χ2v) is 5.86. The highest BCUT2D eigenvalue weighted by Gasteiger charge is 2.21. The minimum atomic E-state index is -0.486. The van der Waals surface area contributed by atoms with E-state index in [2.05, 4.69) is 36.2 Å². The maximum atomic E-state index is 11.9. The molecule has 0 unspecified atom stereocenters. The molecular weight excluding hydrogens is 364 g/mol. The van der Waals surface area contributed by atoms with Gasteiger partial charge in [-0.25, -0.2) is 4.79 Å². The summed E-state index contributed by atoms with van der Waals surface area (Å²) < 4.78 is 11.2. The fraction of sp³-hybridized carbons (Fsp3) is 0.400. The van der Waals surface area contributed by atoms with Crippen molar-refractivity contribution in [3.05, 3.63) is 28.4 Å². The van der Waals surface area contributed by atoms with Gasteiger partial charge in [0.2, 0.25) is 0 Å². The van der Waals surface area contributed by atoms with Gasteiger partial charge in [-0.1, -0.05) is 15.9 Å². The predicted octanol–water partition coefficient (Wildman–Crippen LogP) is 2.25. The summed E-state index contributed by atoms with van der Waals surface area (Å²) in [5.41, 5.74) is 2.56. The van der Waals surface area contributed by atoms with E-state index in [1.165, 1.54) is 0 Å². The number of benzene rings is 1. The Labute approximate surface area is 142 Å². The highest BCUT2D eigenvalue weighted by Crippen LogP contribution is 2.32. The molecule has 0 bridgehead atoms. The largest absolute Gasteiger partial charge is 0.461 e. The zero-order valence-electron chi connectivity index (χ0n) is 12.7. The second kappa shape index (κ2) is 7.10. The first kappa shape index (κ1) is 15.9. The molecule has 0 amide bonds. The number of H-pyrrole nitrogens is 1. The quantitative estimate of drug-likeness (QED) is 0.819. The van der Waals surface area contributed by atoms with Crippen LogP contribution in [-0.4, -0.2) is 54.3 Å². The lowest BCUT2D eigenvalue weighted by Crippen LogP contribution is -2.36. The Kier molecular flexibility index (Phi) is 4.92. The number of carbonyl (C=O) groups is 1. The van der Waals surface area contributed by atoms with E-state index in [9.17, 15) is 4.79 Å². The van der Waals surface area contributed by atoms with Crippen molar-refractivity contribution in [1.82, 2.24) is 15.4 Å². The molecule has 23 heavy (non-hydrogen) atoms. The maximum absolute atomic E-state index is 11.9. The number of hydrogen-bond donors (Lipinski definition) is 1. The number of nitrogens with one attached hydrogen (secondary N) is 1. The number of aromatic amines is 1. The SMILES string of the molecule is CCOC(=O)c1n[nH]nc1-c1ccc(N2CCOCC2)cc1Br. The third kappa shape index (κ3) is 3.37. The van der Waals surface area contributed by atoms with Crippen LogP contribution in [0.4, 0.5) is 5.69 Å². The van der Waals surface area contributed by atoms with Crippen molar-refractivity contribution >= 4 is 27.6 Å². The summed E-state index contributed by atoms with van der Waals surface area (Å²) in [6.07, 6.45) is 0. The number of ether oxygens (including phenoxy) is 2. The first-order valence-corrected chi connectivity index (χ1v) is 8.20. The average Bonchev–Trinajstić information content (AvgIpc) is 3.05. The van der Waals surface area contributed by atoms with Crippen molar-refractivity contribution in [3.63, 3.8) is 0 Å². The van der Waals surface area contributed by atoms with Crippen LogP contribution < -0.4 is 4.90 Å². The first-order chi connectivity index (χ1) is 11.2. The summed E-state index contributed by atoms with van der Waals surface area (Å²) >= 11 is 3.57. The summed E-state index contributed by atoms with van der Waals surface area (Å²) in [7, 11) is 0. The van der Waals surface area contributed by atoms with Gasteiger partial charge in [0.1, 0.15) is 5.69 Å². The van der Waals surface area contributed by atoms with Gasteiger partial charge >= 0.3 is 5.97 Å². The van der Waals surface area contributed by atoms with E-state index >= 15 is 0 Å². The third-order valence-electron chi connectivity index (χ3n) is 3.60. The molecule has 0 aliphatic carbocycles. The van der Waals surface area contributed by atoms with E-state index in [-0.39, 0.29) is 5.69 Å². The van der Waals surface area contributed by atoms with Crippen molar-refractivity contribution in [2.24, 2.45) is 0 Å². The molecule has 0 atom stereocenters. The minimum absolute atomic E-state index is 0.187. The van der Waals surface area contributed by atoms with Crippen LogP contribution in [-0.2, 0) is 9.47 Å². The third-order valence-corrected chi connectivity index (χ3v) is 4.26. The molecule has 0 radical (unpaired) electrons. The van der Waals surface area contributed by atoms with Crippen molar-refractivity contribution in [2.75, 3.05) is 37.8 Å². The Hall–Kier alpha value is -1.93. The minimum Gasteiger partial charge on any atom is -0.461 e. The van der Waals surface area contributed by atoms with Crippen molar-refractivity contribution < 1.29 is 14.3 Å². The van der Waals surface area contributed by atoms with Gasteiger partial charge in [0.05, 0.1) is 19.8 Å². The number of esters is 1. The molecule has 1 fully saturated rings. The van der Waals surface area contributed by atoms with Crippen LogP contribution in [0.5, 0.6) is 0 Å². The molecule has 2 heterocycles. The fourth-order valence-corrected chi connectivity index (χ4v) is 3.03. The lowest BCUT2D eigenvalue weighted by molar-refractivity contribution is 0.0520. The summed E-state index contributed by atoms with van der Waals surface area (Å²) in [6, 6.07) is 5.95. The zero-order chi connectivity index (χ0) is 16.2. The topological polar surface area (TPSA) is 80.3 Å². The Morgan fingerprint density at radius 2 is 2.17 bits per heavy atom. The molecule has 8 heteroatoms. The standard InChI is InChI=1S/C15H17BrN4O3/c1-2-23-15(21)14-13(17-19-18-14)11-4-3-10(9-12(11)16)20-5-7-22-8-6-20/h3-4,9H,2,5-8H2,1H3,(H,17,18,19). The van der Waals surface area contributed by atoms with Gasteiger partial charge < -0.3 is 14.4 Å². The lowest BCUT2D eigenvalue weighted by Gasteiger charge is -2.29. The van der Waals surface area contributed by atoms with Gasteiger partial charge in [-0.05, 0) is 25.1 Å². The molecule has 2 aromatic rings. The second-order valence-electron chi connectivity index (χ2n) is 5.00. The number of carbonyl (C=O) groups excluding carboxylic acids is 1. The van der Waals surface area contributed by atoms with E-state index in [1.807, 2.05) is 18.2 Å². The molecule has 0 spiro atoms. The van der Waals surface area contributed by atoms with Crippen LogP contribution in [0.25, 0.3) is 11.3 Å². The van der Waals surface area contributed by atoms with Crippen LogP contribution in [0.1, 0.15) is 17.4 Å². The number of nitrogens with zero attached hydrogens (tertiary/aromatic N) is 3. The number of halogens is 1. The number of hydrogen-bond acceptors (Lipinski definition) is 6. The Bertz CT molecular complexity index is 698. The van der Waals surface area contributed by atoms with Crippen molar-refractivity contribution in [2.45, 2.75) is 6.92 Å². The molecule has 1 aliphatic heterocycles. The monoisotopic (exact) mass is 380 g/mol. The Morgan fingerprint density at radius 1 is 1.39 bits per heavy atom. The van der Waals surface area contributed by atoms with Crippen molar-refractivity contribution in [1.29, 1.82) is 0 Å². The highest BCUT2D eigenvalue weighted by atomic mass is 79.9. The maximum Gasteiger partial charge on any atom is 0.361 e. The summed E-state index contributed by atoms with van der Waals surface area (Å²) in [5.74, 6) is -0.486. The summed E-state index contributed by atoms with van der Waals surface area (Å²) in [4.78, 5) is 14.2. The smallest absolute Gasteiger partial charge is 0.361 e. The molecule has 1 aromatic carbocycles. The number of rotatable bonds is 4.